The van der Waals surface area contributed by atoms with Gasteiger partial charge in [0.05, 0.1) is 42.7 Å². The summed E-state index contributed by atoms with van der Waals surface area (Å²) in [6.07, 6.45) is 6.68. The van der Waals surface area contributed by atoms with E-state index < -0.39 is 29.2 Å². The van der Waals surface area contributed by atoms with Gasteiger partial charge in [0.25, 0.3) is 11.8 Å². The monoisotopic (exact) mass is 1070 g/mol. The number of nitrogens with one attached hydrogen (secondary N) is 2. The van der Waals surface area contributed by atoms with Gasteiger partial charge in [0, 0.05) is 62.6 Å². The van der Waals surface area contributed by atoms with Crippen LogP contribution in [-0.2, 0) is 43.8 Å². The van der Waals surface area contributed by atoms with E-state index in [0.717, 1.165) is 44.1 Å². The average molecular weight is 1070 g/mol. The van der Waals surface area contributed by atoms with Crippen LogP contribution in [0, 0.1) is 13.8 Å². The molecule has 1 saturated heterocycles. The van der Waals surface area contributed by atoms with Crippen LogP contribution in [0.15, 0.2) is 45.3 Å². The zero-order valence-electron chi connectivity index (χ0n) is 45.1. The summed E-state index contributed by atoms with van der Waals surface area (Å²) in [4.78, 5) is 87.7. The second-order valence-electron chi connectivity index (χ2n) is 20.2. The highest BCUT2D eigenvalue weighted by Crippen LogP contribution is 2.34. The highest BCUT2D eigenvalue weighted by atomic mass is 16.6. The van der Waals surface area contributed by atoms with E-state index in [1.807, 2.05) is 46.8 Å². The van der Waals surface area contributed by atoms with Gasteiger partial charge in [0.2, 0.25) is 35.2 Å². The number of likely N-dealkylation sites (tertiary alicyclic amines) is 1. The largest absolute Gasteiger partial charge is 0.494 e. The van der Waals surface area contributed by atoms with Crippen molar-refractivity contribution in [3.05, 3.63) is 93.9 Å². The van der Waals surface area contributed by atoms with Gasteiger partial charge >= 0.3 is 6.09 Å². The van der Waals surface area contributed by atoms with Crippen LogP contribution in [0.5, 0.6) is 11.5 Å². The van der Waals surface area contributed by atoms with Crippen LogP contribution in [0.2, 0.25) is 0 Å². The Hall–Kier alpha value is -8.61. The van der Waals surface area contributed by atoms with E-state index in [4.69, 9.17) is 39.5 Å². The molecule has 0 spiro atoms. The van der Waals surface area contributed by atoms with Crippen molar-refractivity contribution >= 4 is 63.7 Å². The number of carbonyl (C=O) groups excluding carboxylic acids is 5. The van der Waals surface area contributed by atoms with Crippen LogP contribution < -0.4 is 31.6 Å². The third-order valence-electron chi connectivity index (χ3n) is 13.6. The van der Waals surface area contributed by atoms with E-state index in [2.05, 4.69) is 45.2 Å². The Morgan fingerprint density at radius 3 is 1.78 bits per heavy atom. The van der Waals surface area contributed by atoms with Crippen molar-refractivity contribution in [3.63, 3.8) is 0 Å². The molecule has 2 aliphatic heterocycles. The van der Waals surface area contributed by atoms with Gasteiger partial charge in [0.1, 0.15) is 34.0 Å². The van der Waals surface area contributed by atoms with E-state index in [1.165, 1.54) is 19.2 Å². The summed E-state index contributed by atoms with van der Waals surface area (Å²) in [6, 6.07) is 6.13. The van der Waals surface area contributed by atoms with Gasteiger partial charge in [0.15, 0.2) is 17.6 Å². The van der Waals surface area contributed by atoms with Crippen molar-refractivity contribution in [2.75, 3.05) is 50.5 Å². The third-order valence-corrected chi connectivity index (χ3v) is 13.6. The number of amides is 5. The lowest BCUT2D eigenvalue weighted by molar-refractivity contribution is 0.0193. The molecular weight excluding hydrogens is 1010 g/mol. The van der Waals surface area contributed by atoms with Gasteiger partial charge in [-0.3, -0.25) is 34.7 Å². The molecule has 0 saturated carbocycles. The summed E-state index contributed by atoms with van der Waals surface area (Å²) in [5, 5.41) is 14.8. The molecule has 0 atom stereocenters. The molecule has 7 heterocycles. The van der Waals surface area contributed by atoms with Crippen LogP contribution in [0.25, 0.3) is 22.1 Å². The SMILES string of the molecule is CCc1nc(C)c(C(=O)Nc2nc3cc(C(N)=O)cc(OC)c3n2C/C=C/Cn2c(NC(=O)c3oc(CC)nc3C)nc3cc(C(N)=O)cc(OCCCN4CCC(c5nnc6n5CCN(C(=O)OC(C)(C)C)C6)CC4)c32)o1. The van der Waals surface area contributed by atoms with Gasteiger partial charge < -0.3 is 53.1 Å². The summed E-state index contributed by atoms with van der Waals surface area (Å²) < 4.78 is 34.9. The van der Waals surface area contributed by atoms with Gasteiger partial charge in [-0.25, -0.2) is 24.7 Å². The Kier molecular flexibility index (Phi) is 15.7. The molecule has 5 aromatic heterocycles. The number of primary amides is 2. The molecule has 0 unspecified atom stereocenters. The number of nitrogens with two attached hydrogens (primary N) is 2. The number of allylic oxidation sites excluding steroid dienone is 2. The standard InChI is InChI=1S/C53H65N15O10/c1-9-39-56-29(3)43(76-39)48(71)60-50-58-34-24-32(45(54)69)26-36(74-8)41(34)67(50)17-11-12-18-68-42-35(59-51(68)61-49(72)44-30(4)57-40(10-2)77-44)25-33(46(55)70)27-37(42)75-23-13-16-64-19-14-31(15-20-64)47-63-62-38-28-65(21-22-66(38)47)52(73)78-53(5,6)7/h11-12,24-27,31H,9-10,13-23,28H2,1-8H3,(H2,54,69)(H2,55,70)(H,58,60,71)(H,59,61,72)/b12-11+. The predicted molar refractivity (Wildman–Crippen MR) is 285 cm³/mol. The molecule has 25 heteroatoms. The maximum absolute atomic E-state index is 13.9. The molecule has 412 valence electrons. The van der Waals surface area contributed by atoms with Crippen molar-refractivity contribution in [1.29, 1.82) is 0 Å². The lowest BCUT2D eigenvalue weighted by Gasteiger charge is -2.33. The zero-order chi connectivity index (χ0) is 55.6. The van der Waals surface area contributed by atoms with Crippen molar-refractivity contribution in [2.45, 2.75) is 118 Å². The van der Waals surface area contributed by atoms with E-state index in [1.54, 1.807) is 40.0 Å². The fourth-order valence-electron chi connectivity index (χ4n) is 9.71. The van der Waals surface area contributed by atoms with Crippen LogP contribution in [0.4, 0.5) is 16.7 Å². The van der Waals surface area contributed by atoms with Crippen molar-refractivity contribution < 1.29 is 47.0 Å². The number of benzene rings is 2. The number of hydrogen-bond acceptors (Lipinski definition) is 17. The molecule has 0 aliphatic carbocycles. The number of carbonyl (C=O) groups is 5. The average Bonchev–Trinajstić information content (AvgIpc) is 4.29. The van der Waals surface area contributed by atoms with Gasteiger partial charge in [-0.15, -0.1) is 10.2 Å². The first-order chi connectivity index (χ1) is 37.3. The number of aromatic nitrogens is 9. The highest BCUT2D eigenvalue weighted by molar-refractivity contribution is 6.05. The first-order valence-corrected chi connectivity index (χ1v) is 26.0. The minimum atomic E-state index is -0.693. The number of fused-ring (bicyclic) bond motifs is 3. The number of anilines is 2. The maximum Gasteiger partial charge on any atom is 0.410 e. The molecule has 9 rings (SSSR count). The number of oxazole rings is 2. The lowest BCUT2D eigenvalue weighted by Crippen LogP contribution is -2.42. The summed E-state index contributed by atoms with van der Waals surface area (Å²) in [5.74, 6) is 1.06. The second kappa shape index (κ2) is 22.5. The Morgan fingerprint density at radius 2 is 1.28 bits per heavy atom. The molecule has 5 amide bonds. The van der Waals surface area contributed by atoms with Gasteiger partial charge in [-0.2, -0.15) is 0 Å². The normalized spacial score (nSPS) is 14.3. The topological polar surface area (TPSA) is 314 Å². The van der Waals surface area contributed by atoms with Crippen LogP contribution in [0.1, 0.15) is 136 Å². The summed E-state index contributed by atoms with van der Waals surface area (Å²) in [7, 11) is 1.45. The number of rotatable bonds is 19. The van der Waals surface area contributed by atoms with Crippen molar-refractivity contribution in [1.82, 2.24) is 53.6 Å². The summed E-state index contributed by atoms with van der Waals surface area (Å²) in [5.41, 5.74) is 13.7. The molecule has 25 nitrogen and oxygen atoms in total. The van der Waals surface area contributed by atoms with Gasteiger partial charge in [-0.1, -0.05) is 26.0 Å². The van der Waals surface area contributed by atoms with Crippen molar-refractivity contribution in [2.24, 2.45) is 11.5 Å². The van der Waals surface area contributed by atoms with Crippen LogP contribution >= 0.6 is 0 Å². The smallest absolute Gasteiger partial charge is 0.410 e. The highest BCUT2D eigenvalue weighted by Gasteiger charge is 2.32. The zero-order valence-corrected chi connectivity index (χ0v) is 45.1. The van der Waals surface area contributed by atoms with Crippen LogP contribution in [-0.4, -0.2) is 129 Å². The van der Waals surface area contributed by atoms with E-state index in [0.29, 0.717) is 89.9 Å². The van der Waals surface area contributed by atoms with Gasteiger partial charge in [-0.05, 0) is 91.2 Å². The number of ether oxygens (including phenoxy) is 3. The fourth-order valence-corrected chi connectivity index (χ4v) is 9.71. The number of piperidine rings is 1. The van der Waals surface area contributed by atoms with E-state index >= 15 is 0 Å². The quantitative estimate of drug-likeness (QED) is 0.0528. The predicted octanol–water partition coefficient (Wildman–Crippen LogP) is 6.06. The molecule has 6 N–H and O–H groups in total. The summed E-state index contributed by atoms with van der Waals surface area (Å²) >= 11 is 0. The maximum atomic E-state index is 13.9. The molecule has 1 fully saturated rings. The lowest BCUT2D eigenvalue weighted by atomic mass is 9.95. The molecule has 7 aromatic rings. The molecular formula is C53H65N15O10. The Bertz CT molecular complexity index is 3460. The summed E-state index contributed by atoms with van der Waals surface area (Å²) in [6.45, 7) is 17.0. The minimum Gasteiger partial charge on any atom is -0.494 e. The number of hydrogen-bond donors (Lipinski definition) is 4. The Balaban J connectivity index is 0.946. The Labute approximate surface area is 448 Å². The van der Waals surface area contributed by atoms with E-state index in [9.17, 15) is 24.0 Å². The number of methoxy groups -OCH3 is 1. The fraction of sp³-hybridized carbons (Fsp3) is 0.453. The molecule has 2 aromatic carbocycles. The minimum absolute atomic E-state index is 0.0215. The van der Waals surface area contributed by atoms with Crippen LogP contribution in [0.3, 0.4) is 0 Å². The first-order valence-electron chi connectivity index (χ1n) is 26.0. The van der Waals surface area contributed by atoms with Crippen molar-refractivity contribution in [3.8, 4) is 11.5 Å². The third kappa shape index (κ3) is 11.5. The molecule has 2 aliphatic rings. The van der Waals surface area contributed by atoms with E-state index in [-0.39, 0.29) is 72.0 Å². The number of aryl methyl sites for hydroxylation is 4. The molecule has 78 heavy (non-hydrogen) atoms. The second-order valence-corrected chi connectivity index (χ2v) is 20.2. The Morgan fingerprint density at radius 1 is 0.744 bits per heavy atom. The number of nitrogens with zero attached hydrogens (tertiary/aromatic N) is 11. The first kappa shape index (κ1) is 54.2. The molecule has 0 bridgehead atoms. The molecule has 0 radical (unpaired) electrons. The number of imidazole rings is 2.